The third kappa shape index (κ3) is 7.15. The van der Waals surface area contributed by atoms with E-state index in [0.717, 1.165) is 78.3 Å². The summed E-state index contributed by atoms with van der Waals surface area (Å²) in [4.78, 5) is 10.5. The van der Waals surface area contributed by atoms with Crippen LogP contribution in [0.15, 0.2) is 17.3 Å². The monoisotopic (exact) mass is 468 g/mol. The summed E-state index contributed by atoms with van der Waals surface area (Å²) >= 11 is 8.27. The maximum absolute atomic E-state index is 6.52. The molecule has 0 aliphatic carbocycles. The smallest absolute Gasteiger partial charge is 0.166 e. The summed E-state index contributed by atoms with van der Waals surface area (Å²) in [5.74, 6) is 0.992. The zero-order chi connectivity index (χ0) is 18.4. The number of imidazole rings is 1. The quantitative estimate of drug-likeness (QED) is 0.392. The average Bonchev–Trinajstić information content (AvgIpc) is 3.03. The zero-order valence-electron chi connectivity index (χ0n) is 16.5. The van der Waals surface area contributed by atoms with E-state index in [9.17, 15) is 0 Å². The lowest BCUT2D eigenvalue weighted by Gasteiger charge is -2.30. The number of nitrogens with zero attached hydrogens (tertiary/aromatic N) is 2. The van der Waals surface area contributed by atoms with E-state index in [2.05, 4.69) is 35.1 Å². The Morgan fingerprint density at radius 3 is 2.75 bits per heavy atom. The minimum absolute atomic E-state index is 0. The predicted octanol–water partition coefficient (Wildman–Crippen LogP) is 5.16. The highest BCUT2D eigenvalue weighted by atomic mass is 35.5. The second-order valence-electron chi connectivity index (χ2n) is 6.77. The number of hydrogen-bond acceptors (Lipinski definition) is 5. The van der Waals surface area contributed by atoms with E-state index in [1.54, 1.807) is 11.8 Å². The van der Waals surface area contributed by atoms with Gasteiger partial charge in [-0.1, -0.05) is 36.7 Å². The Morgan fingerprint density at radius 1 is 1.29 bits per heavy atom. The average molecular weight is 470 g/mol. The minimum atomic E-state index is 0. The van der Waals surface area contributed by atoms with E-state index in [0.29, 0.717) is 6.10 Å². The molecule has 1 aromatic heterocycles. The number of ether oxygens (including phenoxy) is 1. The van der Waals surface area contributed by atoms with Gasteiger partial charge in [0.15, 0.2) is 5.16 Å². The van der Waals surface area contributed by atoms with Crippen LogP contribution in [0.2, 0.25) is 5.02 Å². The summed E-state index contributed by atoms with van der Waals surface area (Å²) in [6, 6.07) is 4.11. The molecule has 0 amide bonds. The second-order valence-corrected chi connectivity index (χ2v) is 8.26. The van der Waals surface area contributed by atoms with E-state index in [4.69, 9.17) is 21.3 Å². The van der Waals surface area contributed by atoms with E-state index < -0.39 is 0 Å². The molecular weight excluding hydrogens is 439 g/mol. The highest BCUT2D eigenvalue weighted by Crippen LogP contribution is 2.32. The number of benzene rings is 1. The van der Waals surface area contributed by atoms with Crippen LogP contribution in [-0.2, 0) is 4.74 Å². The van der Waals surface area contributed by atoms with Gasteiger partial charge in [-0.3, -0.25) is 0 Å². The summed E-state index contributed by atoms with van der Waals surface area (Å²) in [7, 11) is 0. The van der Waals surface area contributed by atoms with Crippen molar-refractivity contribution in [3.8, 4) is 0 Å². The maximum atomic E-state index is 6.52. The number of fused-ring (bicyclic) bond motifs is 1. The van der Waals surface area contributed by atoms with E-state index >= 15 is 0 Å². The lowest BCUT2D eigenvalue weighted by molar-refractivity contribution is 0.0624. The van der Waals surface area contributed by atoms with Crippen molar-refractivity contribution >= 4 is 64.9 Å². The molecule has 1 unspecified atom stereocenters. The van der Waals surface area contributed by atoms with Crippen LogP contribution >= 0.6 is 48.2 Å². The lowest BCUT2D eigenvalue weighted by atomic mass is 10.2. The van der Waals surface area contributed by atoms with Gasteiger partial charge >= 0.3 is 0 Å². The number of aromatic nitrogens is 2. The number of H-pyrrole nitrogens is 1. The molecule has 0 radical (unpaired) electrons. The Kier molecular flexibility index (Phi) is 12.0. The number of nitrogens with one attached hydrogen (secondary N) is 2. The SMILES string of the molecule is CCCCOC(C)CCSc1nc2cc(N3CCNCC3)c(Cl)cc2[nH]1.Cl.Cl. The van der Waals surface area contributed by atoms with E-state index in [-0.39, 0.29) is 24.8 Å². The molecule has 2 aromatic rings. The molecule has 2 N–H and O–H groups in total. The number of piperazine rings is 1. The van der Waals surface area contributed by atoms with Crippen molar-refractivity contribution < 1.29 is 4.74 Å². The number of hydrogen-bond donors (Lipinski definition) is 2. The van der Waals surface area contributed by atoms with Gasteiger partial charge in [0.05, 0.1) is 27.8 Å². The highest BCUT2D eigenvalue weighted by molar-refractivity contribution is 7.99. The first-order valence-electron chi connectivity index (χ1n) is 9.56. The molecule has 0 bridgehead atoms. The van der Waals surface area contributed by atoms with E-state index in [1.165, 1.54) is 6.42 Å². The van der Waals surface area contributed by atoms with Gasteiger partial charge in [-0.2, -0.15) is 0 Å². The van der Waals surface area contributed by atoms with Crippen molar-refractivity contribution in [3.63, 3.8) is 0 Å². The first kappa shape index (κ1) is 25.7. The Hall–Kier alpha value is -0.370. The van der Waals surface area contributed by atoms with Crippen LogP contribution in [0, 0.1) is 0 Å². The molecular formula is C19H31Cl3N4OS. The molecule has 1 saturated heterocycles. The van der Waals surface area contributed by atoms with E-state index in [1.807, 2.05) is 6.07 Å². The van der Waals surface area contributed by atoms with Gasteiger partial charge in [-0.05, 0) is 31.9 Å². The van der Waals surface area contributed by atoms with Crippen molar-refractivity contribution in [2.75, 3.05) is 43.4 Å². The van der Waals surface area contributed by atoms with Gasteiger partial charge in [0, 0.05) is 38.5 Å². The molecule has 1 aliphatic heterocycles. The molecule has 9 heteroatoms. The Bertz CT molecular complexity index is 710. The van der Waals surface area contributed by atoms with Crippen molar-refractivity contribution in [2.45, 2.75) is 44.4 Å². The van der Waals surface area contributed by atoms with Crippen LogP contribution in [0.1, 0.15) is 33.1 Å². The van der Waals surface area contributed by atoms with Crippen LogP contribution in [0.3, 0.4) is 0 Å². The molecule has 3 rings (SSSR count). The zero-order valence-corrected chi connectivity index (χ0v) is 19.7. The molecule has 1 fully saturated rings. The number of aromatic amines is 1. The van der Waals surface area contributed by atoms with Gasteiger partial charge < -0.3 is 19.9 Å². The van der Waals surface area contributed by atoms with Crippen LogP contribution in [0.5, 0.6) is 0 Å². The third-order valence-electron chi connectivity index (χ3n) is 4.65. The largest absolute Gasteiger partial charge is 0.378 e. The number of unbranched alkanes of at least 4 members (excludes halogenated alkanes) is 1. The summed E-state index contributed by atoms with van der Waals surface area (Å²) in [5.41, 5.74) is 3.07. The van der Waals surface area contributed by atoms with Gasteiger partial charge in [0.1, 0.15) is 0 Å². The summed E-state index contributed by atoms with van der Waals surface area (Å²) in [6.45, 7) is 9.14. The Balaban J connectivity index is 0.00000196. The molecule has 0 saturated carbocycles. The summed E-state index contributed by atoms with van der Waals surface area (Å²) < 4.78 is 5.81. The topological polar surface area (TPSA) is 53.2 Å². The van der Waals surface area contributed by atoms with Crippen molar-refractivity contribution in [1.29, 1.82) is 0 Å². The van der Waals surface area contributed by atoms with Gasteiger partial charge in [0.25, 0.3) is 0 Å². The maximum Gasteiger partial charge on any atom is 0.166 e. The van der Waals surface area contributed by atoms with Crippen molar-refractivity contribution in [1.82, 2.24) is 15.3 Å². The number of rotatable bonds is 9. The van der Waals surface area contributed by atoms with Gasteiger partial charge in [-0.25, -0.2) is 4.98 Å². The molecule has 1 aromatic carbocycles. The predicted molar refractivity (Wildman–Crippen MR) is 126 cm³/mol. The summed E-state index contributed by atoms with van der Waals surface area (Å²) in [6.07, 6.45) is 3.64. The molecule has 0 spiro atoms. The van der Waals surface area contributed by atoms with Crippen molar-refractivity contribution in [2.24, 2.45) is 0 Å². The molecule has 160 valence electrons. The molecule has 5 nitrogen and oxygen atoms in total. The molecule has 1 aliphatic rings. The summed E-state index contributed by atoms with van der Waals surface area (Å²) in [5, 5.41) is 5.12. The molecule has 28 heavy (non-hydrogen) atoms. The fourth-order valence-corrected chi connectivity index (χ4v) is 4.32. The van der Waals surface area contributed by atoms with Gasteiger partial charge in [-0.15, -0.1) is 24.8 Å². The highest BCUT2D eigenvalue weighted by Gasteiger charge is 2.16. The van der Waals surface area contributed by atoms with Crippen LogP contribution in [0.4, 0.5) is 5.69 Å². The first-order valence-corrected chi connectivity index (χ1v) is 10.9. The normalized spacial score (nSPS) is 15.2. The van der Waals surface area contributed by atoms with Gasteiger partial charge in [0.2, 0.25) is 0 Å². The van der Waals surface area contributed by atoms with Crippen LogP contribution in [0.25, 0.3) is 11.0 Å². The minimum Gasteiger partial charge on any atom is -0.378 e. The first-order chi connectivity index (χ1) is 12.7. The molecule has 1 atom stereocenters. The third-order valence-corrected chi connectivity index (χ3v) is 5.86. The Labute approximate surface area is 189 Å². The van der Waals surface area contributed by atoms with Crippen LogP contribution < -0.4 is 10.2 Å². The second kappa shape index (κ2) is 13.0. The number of halogens is 3. The standard InChI is InChI=1S/C19H29ClN4OS.2ClH/c1-3-4-10-25-14(2)5-11-26-19-22-16-12-15(20)18(13-17(16)23-19)24-8-6-21-7-9-24;;/h12-14,21H,3-11H2,1-2H3,(H,22,23);2*1H. The molecule has 2 heterocycles. The fourth-order valence-electron chi connectivity index (χ4n) is 3.05. The fraction of sp³-hybridized carbons (Fsp3) is 0.632. The van der Waals surface area contributed by atoms with Crippen molar-refractivity contribution in [3.05, 3.63) is 17.2 Å². The number of thioether (sulfide) groups is 1. The lowest BCUT2D eigenvalue weighted by Crippen LogP contribution is -2.43. The number of anilines is 1. The Morgan fingerprint density at radius 2 is 2.04 bits per heavy atom. The van der Waals surface area contributed by atoms with Crippen LogP contribution in [-0.4, -0.2) is 54.6 Å².